The maximum atomic E-state index is 12.4. The van der Waals surface area contributed by atoms with Crippen molar-refractivity contribution in [3.8, 4) is 0 Å². The Labute approximate surface area is 139 Å². The van der Waals surface area contributed by atoms with Crippen LogP contribution in [0.4, 0.5) is 0 Å². The monoisotopic (exact) mass is 330 g/mol. The summed E-state index contributed by atoms with van der Waals surface area (Å²) in [6.07, 6.45) is 1.35. The Kier molecular flexibility index (Phi) is 5.15. The highest BCUT2D eigenvalue weighted by Crippen LogP contribution is 2.23. The van der Waals surface area contributed by atoms with E-state index >= 15 is 0 Å². The van der Waals surface area contributed by atoms with E-state index in [4.69, 9.17) is 4.74 Å². The van der Waals surface area contributed by atoms with Crippen molar-refractivity contribution in [1.29, 1.82) is 0 Å². The molecular weight excluding hydrogens is 312 g/mol. The van der Waals surface area contributed by atoms with Gasteiger partial charge in [0.1, 0.15) is 6.10 Å². The maximum Gasteiger partial charge on any atom is 0.251 e. The second-order valence-electron chi connectivity index (χ2n) is 5.26. The number of carbonyl (C=O) groups excluding carboxylic acids is 1. The van der Waals surface area contributed by atoms with Crippen molar-refractivity contribution in [3.63, 3.8) is 0 Å². The zero-order chi connectivity index (χ0) is 16.1. The molecule has 5 nitrogen and oxygen atoms in total. The second kappa shape index (κ2) is 7.48. The molecule has 1 aliphatic heterocycles. The van der Waals surface area contributed by atoms with Gasteiger partial charge in [-0.1, -0.05) is 30.3 Å². The minimum atomic E-state index is -0.0833. The predicted molar refractivity (Wildman–Crippen MR) is 87.8 cm³/mol. The van der Waals surface area contributed by atoms with Crippen LogP contribution in [0.15, 0.2) is 59.8 Å². The van der Waals surface area contributed by atoms with Crippen LogP contribution in [0.2, 0.25) is 0 Å². The Morgan fingerprint density at radius 2 is 2.04 bits per heavy atom. The first-order valence-electron chi connectivity index (χ1n) is 7.49. The number of amides is 1. The standard InChI is InChI=1S/C17H18N2O3S/c20-16(13-23-17-8-4-5-9-19(17)21)18-10-11-22-15(12-18)14-6-2-1-3-7-14/h1-9,15H,10-13H2/t15-/m0/s1. The van der Waals surface area contributed by atoms with E-state index in [-0.39, 0.29) is 17.8 Å². The molecule has 23 heavy (non-hydrogen) atoms. The molecule has 1 fully saturated rings. The van der Waals surface area contributed by atoms with E-state index in [2.05, 4.69) is 0 Å². The summed E-state index contributed by atoms with van der Waals surface area (Å²) in [5.74, 6) is 0.288. The van der Waals surface area contributed by atoms with Gasteiger partial charge < -0.3 is 14.8 Å². The fourth-order valence-electron chi connectivity index (χ4n) is 2.50. The molecule has 1 atom stereocenters. The SMILES string of the molecule is O=C(CSc1cccc[n+]1[O-])N1CCO[C@H](c2ccccc2)C1. The highest BCUT2D eigenvalue weighted by atomic mass is 32.2. The summed E-state index contributed by atoms with van der Waals surface area (Å²) < 4.78 is 6.55. The number of benzene rings is 1. The van der Waals surface area contributed by atoms with Crippen LogP contribution in [0.3, 0.4) is 0 Å². The predicted octanol–water partition coefficient (Wildman–Crippen LogP) is 2.01. The average molecular weight is 330 g/mol. The normalized spacial score (nSPS) is 17.9. The third-order valence-electron chi connectivity index (χ3n) is 3.72. The van der Waals surface area contributed by atoms with Gasteiger partial charge in [-0.2, -0.15) is 4.73 Å². The lowest BCUT2D eigenvalue weighted by Crippen LogP contribution is -2.43. The lowest BCUT2D eigenvalue weighted by Gasteiger charge is -2.33. The molecule has 0 N–H and O–H groups in total. The summed E-state index contributed by atoms with van der Waals surface area (Å²) in [4.78, 5) is 14.2. The van der Waals surface area contributed by atoms with Crippen LogP contribution < -0.4 is 4.73 Å². The molecule has 0 spiro atoms. The Hall–Kier alpha value is -2.05. The first kappa shape index (κ1) is 15.8. The molecule has 3 rings (SSSR count). The molecule has 1 amide bonds. The van der Waals surface area contributed by atoms with Crippen LogP contribution in [-0.2, 0) is 9.53 Å². The number of thioether (sulfide) groups is 1. The quantitative estimate of drug-likeness (QED) is 0.489. The van der Waals surface area contributed by atoms with Crippen molar-refractivity contribution in [2.45, 2.75) is 11.1 Å². The molecule has 0 aliphatic carbocycles. The summed E-state index contributed by atoms with van der Waals surface area (Å²) in [7, 11) is 0. The maximum absolute atomic E-state index is 12.4. The van der Waals surface area contributed by atoms with Gasteiger partial charge in [0.05, 0.1) is 18.9 Å². The first-order chi connectivity index (χ1) is 11.2. The fourth-order valence-corrected chi connectivity index (χ4v) is 3.31. The average Bonchev–Trinajstić information content (AvgIpc) is 2.62. The Morgan fingerprint density at radius 1 is 1.26 bits per heavy atom. The smallest absolute Gasteiger partial charge is 0.251 e. The van der Waals surface area contributed by atoms with Gasteiger partial charge in [-0.25, -0.2) is 0 Å². The summed E-state index contributed by atoms with van der Waals surface area (Å²) in [6.45, 7) is 1.67. The highest BCUT2D eigenvalue weighted by molar-refractivity contribution is 7.99. The van der Waals surface area contributed by atoms with Crippen molar-refractivity contribution in [2.24, 2.45) is 0 Å². The Bertz CT molecular complexity index is 666. The summed E-state index contributed by atoms with van der Waals surface area (Å²) >= 11 is 1.26. The van der Waals surface area contributed by atoms with Gasteiger partial charge in [-0.15, -0.1) is 0 Å². The van der Waals surface area contributed by atoms with Gasteiger partial charge in [0.25, 0.3) is 5.03 Å². The number of aromatic nitrogens is 1. The third-order valence-corrected chi connectivity index (χ3v) is 4.73. The summed E-state index contributed by atoms with van der Waals surface area (Å²) in [5.41, 5.74) is 1.08. The summed E-state index contributed by atoms with van der Waals surface area (Å²) in [6, 6.07) is 15.1. The van der Waals surface area contributed by atoms with E-state index in [9.17, 15) is 10.0 Å². The van der Waals surface area contributed by atoms with Gasteiger partial charge in [0.2, 0.25) is 5.91 Å². The number of hydrogen-bond acceptors (Lipinski definition) is 4. The third kappa shape index (κ3) is 4.03. The van der Waals surface area contributed by atoms with E-state index in [1.165, 1.54) is 18.0 Å². The van der Waals surface area contributed by atoms with E-state index in [0.717, 1.165) is 10.3 Å². The minimum absolute atomic E-state index is 0.0306. The van der Waals surface area contributed by atoms with Crippen LogP contribution in [0.25, 0.3) is 0 Å². The van der Waals surface area contributed by atoms with Crippen molar-refractivity contribution in [2.75, 3.05) is 25.4 Å². The van der Waals surface area contributed by atoms with Gasteiger partial charge in [-0.3, -0.25) is 4.79 Å². The van der Waals surface area contributed by atoms with Crippen LogP contribution >= 0.6 is 11.8 Å². The molecule has 1 aliphatic rings. The Balaban J connectivity index is 1.58. The molecular formula is C17H18N2O3S. The summed E-state index contributed by atoms with van der Waals surface area (Å²) in [5, 5.41) is 12.1. The van der Waals surface area contributed by atoms with Gasteiger partial charge in [0, 0.05) is 18.7 Å². The van der Waals surface area contributed by atoms with Crippen LogP contribution in [0.1, 0.15) is 11.7 Å². The number of rotatable bonds is 4. The molecule has 120 valence electrons. The number of hydrogen-bond donors (Lipinski definition) is 0. The lowest BCUT2D eigenvalue weighted by molar-refractivity contribution is -0.645. The topological polar surface area (TPSA) is 56.5 Å². The minimum Gasteiger partial charge on any atom is -0.618 e. The lowest BCUT2D eigenvalue weighted by atomic mass is 10.1. The molecule has 6 heteroatoms. The first-order valence-corrected chi connectivity index (χ1v) is 8.48. The second-order valence-corrected chi connectivity index (χ2v) is 6.26. The number of pyridine rings is 1. The van der Waals surface area contributed by atoms with Gasteiger partial charge in [-0.05, 0) is 23.4 Å². The number of carbonyl (C=O) groups is 1. The van der Waals surface area contributed by atoms with Gasteiger partial charge in [0.15, 0.2) is 6.20 Å². The van der Waals surface area contributed by atoms with E-state index in [1.807, 2.05) is 35.2 Å². The van der Waals surface area contributed by atoms with E-state index in [1.54, 1.807) is 18.2 Å². The van der Waals surface area contributed by atoms with Gasteiger partial charge >= 0.3 is 0 Å². The molecule has 0 saturated carbocycles. The zero-order valence-corrected chi connectivity index (χ0v) is 13.4. The Morgan fingerprint density at radius 3 is 2.83 bits per heavy atom. The van der Waals surface area contributed by atoms with Crippen LogP contribution in [0, 0.1) is 5.21 Å². The van der Waals surface area contributed by atoms with Crippen molar-refractivity contribution in [3.05, 3.63) is 65.5 Å². The molecule has 1 aromatic heterocycles. The fraction of sp³-hybridized carbons (Fsp3) is 0.294. The van der Waals surface area contributed by atoms with Crippen LogP contribution in [0.5, 0.6) is 0 Å². The molecule has 0 unspecified atom stereocenters. The van der Waals surface area contributed by atoms with E-state index < -0.39 is 0 Å². The zero-order valence-electron chi connectivity index (χ0n) is 12.6. The van der Waals surface area contributed by atoms with Crippen molar-refractivity contribution in [1.82, 2.24) is 4.90 Å². The molecule has 1 saturated heterocycles. The number of ether oxygens (including phenoxy) is 1. The highest BCUT2D eigenvalue weighted by Gasteiger charge is 2.25. The number of morpholine rings is 1. The molecule has 0 bridgehead atoms. The van der Waals surface area contributed by atoms with Crippen LogP contribution in [-0.4, -0.2) is 36.3 Å². The largest absolute Gasteiger partial charge is 0.618 e. The molecule has 0 radical (unpaired) electrons. The number of nitrogens with zero attached hydrogens (tertiary/aromatic N) is 2. The van der Waals surface area contributed by atoms with E-state index in [0.29, 0.717) is 24.7 Å². The molecule has 2 aromatic rings. The van der Waals surface area contributed by atoms with Crippen molar-refractivity contribution >= 4 is 17.7 Å². The molecule has 1 aromatic carbocycles. The molecule has 2 heterocycles. The van der Waals surface area contributed by atoms with Crippen molar-refractivity contribution < 1.29 is 14.3 Å².